The van der Waals surface area contributed by atoms with Gasteiger partial charge >= 0.3 is 6.03 Å². The van der Waals surface area contributed by atoms with E-state index in [2.05, 4.69) is 12.2 Å². The number of amides is 2. The Morgan fingerprint density at radius 2 is 2.42 bits per heavy atom. The standard InChI is InChI=1S/C14H20N2O2S/c1-3-12-10-16(7-8-18-12)14(17)15-11-5-4-6-13(9-11)19-2/h4-6,9,12H,3,7-8,10H2,1-2H3,(H,15,17). The molecule has 104 valence electrons. The third-order valence-corrected chi connectivity index (χ3v) is 3.93. The molecule has 0 bridgehead atoms. The van der Waals surface area contributed by atoms with Crippen LogP contribution in [0.15, 0.2) is 29.2 Å². The highest BCUT2D eigenvalue weighted by molar-refractivity contribution is 7.98. The number of urea groups is 1. The van der Waals surface area contributed by atoms with Crippen LogP contribution < -0.4 is 5.32 Å². The smallest absolute Gasteiger partial charge is 0.322 e. The molecule has 1 atom stereocenters. The van der Waals surface area contributed by atoms with E-state index in [4.69, 9.17) is 4.74 Å². The van der Waals surface area contributed by atoms with Crippen LogP contribution in [0.3, 0.4) is 0 Å². The molecule has 19 heavy (non-hydrogen) atoms. The maximum atomic E-state index is 12.2. The molecule has 1 aromatic carbocycles. The highest BCUT2D eigenvalue weighted by Crippen LogP contribution is 2.19. The highest BCUT2D eigenvalue weighted by Gasteiger charge is 2.22. The predicted molar refractivity (Wildman–Crippen MR) is 78.8 cm³/mol. The van der Waals surface area contributed by atoms with E-state index in [1.165, 1.54) is 0 Å². The van der Waals surface area contributed by atoms with Gasteiger partial charge in [0.25, 0.3) is 0 Å². The van der Waals surface area contributed by atoms with E-state index in [0.29, 0.717) is 19.7 Å². The van der Waals surface area contributed by atoms with Crippen molar-refractivity contribution in [1.29, 1.82) is 0 Å². The molecule has 0 radical (unpaired) electrons. The number of rotatable bonds is 3. The first-order chi connectivity index (χ1) is 9.22. The summed E-state index contributed by atoms with van der Waals surface area (Å²) in [5.74, 6) is 0. The first kappa shape index (κ1) is 14.2. The molecular weight excluding hydrogens is 260 g/mol. The lowest BCUT2D eigenvalue weighted by Gasteiger charge is -2.32. The molecule has 0 saturated carbocycles. The molecule has 0 spiro atoms. The maximum absolute atomic E-state index is 12.2. The lowest BCUT2D eigenvalue weighted by molar-refractivity contribution is -0.0134. The molecule has 5 heteroatoms. The number of morpholine rings is 1. The fourth-order valence-corrected chi connectivity index (χ4v) is 2.51. The van der Waals surface area contributed by atoms with Crippen molar-refractivity contribution in [1.82, 2.24) is 4.90 Å². The monoisotopic (exact) mass is 280 g/mol. The van der Waals surface area contributed by atoms with Gasteiger partial charge in [-0.1, -0.05) is 13.0 Å². The van der Waals surface area contributed by atoms with Crippen molar-refractivity contribution >= 4 is 23.5 Å². The lowest BCUT2D eigenvalue weighted by Crippen LogP contribution is -2.47. The van der Waals surface area contributed by atoms with Gasteiger partial charge < -0.3 is 15.0 Å². The number of ether oxygens (including phenoxy) is 1. The van der Waals surface area contributed by atoms with Crippen molar-refractivity contribution < 1.29 is 9.53 Å². The SMILES string of the molecule is CCC1CN(C(=O)Nc2cccc(SC)c2)CCO1. The molecule has 1 saturated heterocycles. The largest absolute Gasteiger partial charge is 0.375 e. The van der Waals surface area contributed by atoms with Crippen LogP contribution in [0, 0.1) is 0 Å². The number of hydrogen-bond acceptors (Lipinski definition) is 3. The molecule has 1 heterocycles. The average Bonchev–Trinajstić information content (AvgIpc) is 2.47. The van der Waals surface area contributed by atoms with Crippen LogP contribution in [0.25, 0.3) is 0 Å². The summed E-state index contributed by atoms with van der Waals surface area (Å²) in [7, 11) is 0. The molecule has 1 aliphatic heterocycles. The average molecular weight is 280 g/mol. The van der Waals surface area contributed by atoms with Crippen LogP contribution in [0.5, 0.6) is 0 Å². The van der Waals surface area contributed by atoms with Crippen LogP contribution in [-0.2, 0) is 4.74 Å². The molecule has 1 N–H and O–H groups in total. The van der Waals surface area contributed by atoms with Gasteiger partial charge in [-0.25, -0.2) is 4.79 Å². The lowest BCUT2D eigenvalue weighted by atomic mass is 10.2. The van der Waals surface area contributed by atoms with Gasteiger partial charge in [0, 0.05) is 23.7 Å². The highest BCUT2D eigenvalue weighted by atomic mass is 32.2. The molecule has 1 aromatic rings. The van der Waals surface area contributed by atoms with Crippen molar-refractivity contribution in [3.05, 3.63) is 24.3 Å². The Hall–Kier alpha value is -1.20. The summed E-state index contributed by atoms with van der Waals surface area (Å²) >= 11 is 1.66. The summed E-state index contributed by atoms with van der Waals surface area (Å²) in [6, 6.07) is 7.84. The summed E-state index contributed by atoms with van der Waals surface area (Å²) in [6.45, 7) is 4.03. The Morgan fingerprint density at radius 3 is 3.16 bits per heavy atom. The van der Waals surface area contributed by atoms with Gasteiger partial charge in [0.05, 0.1) is 12.7 Å². The van der Waals surface area contributed by atoms with E-state index < -0.39 is 0 Å². The minimum Gasteiger partial charge on any atom is -0.375 e. The number of nitrogens with one attached hydrogen (secondary N) is 1. The second kappa shape index (κ2) is 6.82. The fourth-order valence-electron chi connectivity index (χ4n) is 2.05. The topological polar surface area (TPSA) is 41.6 Å². The van der Waals surface area contributed by atoms with E-state index >= 15 is 0 Å². The molecule has 2 amide bonds. The fraction of sp³-hybridized carbons (Fsp3) is 0.500. The maximum Gasteiger partial charge on any atom is 0.322 e. The summed E-state index contributed by atoms with van der Waals surface area (Å²) < 4.78 is 5.57. The minimum absolute atomic E-state index is 0.0417. The predicted octanol–water partition coefficient (Wildman–Crippen LogP) is 3.05. The van der Waals surface area contributed by atoms with Gasteiger partial charge in [-0.3, -0.25) is 0 Å². The van der Waals surface area contributed by atoms with Crippen LogP contribution in [0.4, 0.5) is 10.5 Å². The number of nitrogens with zero attached hydrogens (tertiary/aromatic N) is 1. The van der Waals surface area contributed by atoms with Gasteiger partial charge in [0.1, 0.15) is 0 Å². The molecular formula is C14H20N2O2S. The Balaban J connectivity index is 1.96. The van der Waals surface area contributed by atoms with Crippen molar-refractivity contribution in [3.63, 3.8) is 0 Å². The molecule has 2 rings (SSSR count). The summed E-state index contributed by atoms with van der Waals surface area (Å²) in [5, 5.41) is 2.95. The second-order valence-corrected chi connectivity index (χ2v) is 5.39. The number of hydrogen-bond donors (Lipinski definition) is 1. The second-order valence-electron chi connectivity index (χ2n) is 4.51. The van der Waals surface area contributed by atoms with Gasteiger partial charge in [-0.2, -0.15) is 0 Å². The minimum atomic E-state index is -0.0417. The third kappa shape index (κ3) is 3.88. The third-order valence-electron chi connectivity index (χ3n) is 3.20. The Labute approximate surface area is 118 Å². The first-order valence-corrected chi connectivity index (χ1v) is 7.77. The van der Waals surface area contributed by atoms with E-state index in [-0.39, 0.29) is 12.1 Å². The zero-order valence-corrected chi connectivity index (χ0v) is 12.2. The van der Waals surface area contributed by atoms with Gasteiger partial charge in [0.15, 0.2) is 0 Å². The molecule has 4 nitrogen and oxygen atoms in total. The van der Waals surface area contributed by atoms with Gasteiger partial charge in [0.2, 0.25) is 0 Å². The van der Waals surface area contributed by atoms with Crippen LogP contribution in [0.1, 0.15) is 13.3 Å². The summed E-state index contributed by atoms with van der Waals surface area (Å²) in [4.78, 5) is 15.1. The Bertz CT molecular complexity index is 439. The molecule has 0 aromatic heterocycles. The number of carbonyl (C=O) groups is 1. The van der Waals surface area contributed by atoms with Crippen LogP contribution in [-0.4, -0.2) is 43.0 Å². The number of benzene rings is 1. The quantitative estimate of drug-likeness (QED) is 0.865. The van der Waals surface area contributed by atoms with E-state index in [1.807, 2.05) is 35.4 Å². The molecule has 1 fully saturated rings. The van der Waals surface area contributed by atoms with Crippen LogP contribution >= 0.6 is 11.8 Å². The summed E-state index contributed by atoms with van der Waals surface area (Å²) in [5.41, 5.74) is 0.844. The number of anilines is 1. The van der Waals surface area contributed by atoms with Crippen LogP contribution in [0.2, 0.25) is 0 Å². The zero-order valence-electron chi connectivity index (χ0n) is 11.4. The molecule has 0 aliphatic carbocycles. The van der Waals surface area contributed by atoms with E-state index in [9.17, 15) is 4.79 Å². The van der Waals surface area contributed by atoms with E-state index in [0.717, 1.165) is 17.0 Å². The normalized spacial score (nSPS) is 19.3. The van der Waals surface area contributed by atoms with Gasteiger partial charge in [-0.05, 0) is 30.9 Å². The number of thioether (sulfide) groups is 1. The molecule has 1 unspecified atom stereocenters. The van der Waals surface area contributed by atoms with Crippen molar-refractivity contribution in [2.45, 2.75) is 24.3 Å². The van der Waals surface area contributed by atoms with Crippen molar-refractivity contribution in [3.8, 4) is 0 Å². The Morgan fingerprint density at radius 1 is 1.58 bits per heavy atom. The zero-order chi connectivity index (χ0) is 13.7. The number of carbonyl (C=O) groups excluding carboxylic acids is 1. The van der Waals surface area contributed by atoms with Crippen molar-refractivity contribution in [2.75, 3.05) is 31.3 Å². The molecule has 1 aliphatic rings. The van der Waals surface area contributed by atoms with E-state index in [1.54, 1.807) is 11.8 Å². The first-order valence-electron chi connectivity index (χ1n) is 6.54. The van der Waals surface area contributed by atoms with Gasteiger partial charge in [-0.15, -0.1) is 11.8 Å². The Kier molecular flexibility index (Phi) is 5.10. The van der Waals surface area contributed by atoms with Crippen molar-refractivity contribution in [2.24, 2.45) is 0 Å². The summed E-state index contributed by atoms with van der Waals surface area (Å²) in [6.07, 6.45) is 3.12.